The van der Waals surface area contributed by atoms with Crippen molar-refractivity contribution in [1.29, 1.82) is 0 Å². The highest BCUT2D eigenvalue weighted by Crippen LogP contribution is 2.28. The first-order valence-electron chi connectivity index (χ1n) is 8.89. The molecule has 6 heteroatoms. The molecule has 1 fully saturated rings. The van der Waals surface area contributed by atoms with Crippen molar-refractivity contribution in [3.63, 3.8) is 0 Å². The van der Waals surface area contributed by atoms with Gasteiger partial charge < -0.3 is 15.5 Å². The van der Waals surface area contributed by atoms with Crippen LogP contribution in [0.4, 0.5) is 17.1 Å². The Morgan fingerprint density at radius 2 is 1.70 bits per heavy atom. The van der Waals surface area contributed by atoms with Crippen molar-refractivity contribution in [2.45, 2.75) is 27.2 Å². The number of amides is 3. The zero-order valence-electron chi connectivity index (χ0n) is 15.7. The fourth-order valence-corrected chi connectivity index (χ4v) is 3.15. The number of rotatable bonds is 4. The fourth-order valence-electron chi connectivity index (χ4n) is 3.15. The molecule has 0 bridgehead atoms. The van der Waals surface area contributed by atoms with Crippen LogP contribution in [-0.2, 0) is 14.4 Å². The van der Waals surface area contributed by atoms with Crippen LogP contribution in [0.5, 0.6) is 0 Å². The summed E-state index contributed by atoms with van der Waals surface area (Å²) in [5.41, 5.74) is 4.30. The summed E-state index contributed by atoms with van der Waals surface area (Å²) < 4.78 is 0. The number of hydrogen-bond donors (Lipinski definition) is 2. The summed E-state index contributed by atoms with van der Waals surface area (Å²) in [6, 6.07) is 12.8. The average molecular weight is 365 g/mol. The molecule has 0 radical (unpaired) electrons. The van der Waals surface area contributed by atoms with Crippen LogP contribution >= 0.6 is 0 Å². The molecule has 3 rings (SSSR count). The van der Waals surface area contributed by atoms with E-state index in [2.05, 4.69) is 10.6 Å². The molecule has 0 aliphatic carbocycles. The minimum absolute atomic E-state index is 0.0506. The second kappa shape index (κ2) is 7.61. The highest BCUT2D eigenvalue weighted by Gasteiger charge is 2.35. The van der Waals surface area contributed by atoms with E-state index in [1.54, 1.807) is 29.2 Å². The average Bonchev–Trinajstić information content (AvgIpc) is 2.99. The summed E-state index contributed by atoms with van der Waals surface area (Å²) in [4.78, 5) is 37.9. The van der Waals surface area contributed by atoms with Gasteiger partial charge in [-0.1, -0.05) is 12.1 Å². The van der Waals surface area contributed by atoms with E-state index in [9.17, 15) is 14.4 Å². The predicted molar refractivity (Wildman–Crippen MR) is 106 cm³/mol. The Morgan fingerprint density at radius 3 is 2.37 bits per heavy atom. The molecule has 1 aliphatic rings. The van der Waals surface area contributed by atoms with Gasteiger partial charge in [-0.3, -0.25) is 14.4 Å². The Bertz CT molecular complexity index is 907. The van der Waals surface area contributed by atoms with Crippen molar-refractivity contribution >= 4 is 34.8 Å². The van der Waals surface area contributed by atoms with Crippen LogP contribution in [0.15, 0.2) is 42.5 Å². The van der Waals surface area contributed by atoms with E-state index < -0.39 is 5.92 Å². The first-order chi connectivity index (χ1) is 12.8. The molecule has 2 aromatic carbocycles. The molecular weight excluding hydrogens is 342 g/mol. The molecule has 2 aromatic rings. The first kappa shape index (κ1) is 18.6. The Kier molecular flexibility index (Phi) is 5.26. The summed E-state index contributed by atoms with van der Waals surface area (Å²) in [5, 5.41) is 5.52. The number of benzene rings is 2. The summed E-state index contributed by atoms with van der Waals surface area (Å²) in [6.45, 7) is 5.82. The molecule has 3 amide bonds. The molecule has 1 heterocycles. The highest BCUT2D eigenvalue weighted by atomic mass is 16.2. The third-order valence-corrected chi connectivity index (χ3v) is 4.75. The van der Waals surface area contributed by atoms with E-state index in [1.807, 2.05) is 32.0 Å². The van der Waals surface area contributed by atoms with Gasteiger partial charge in [0.15, 0.2) is 0 Å². The molecule has 2 N–H and O–H groups in total. The molecule has 0 unspecified atom stereocenters. The summed E-state index contributed by atoms with van der Waals surface area (Å²) in [5.74, 6) is -0.840. The van der Waals surface area contributed by atoms with Gasteiger partial charge in [-0.2, -0.15) is 0 Å². The third-order valence-electron chi connectivity index (χ3n) is 4.75. The lowest BCUT2D eigenvalue weighted by Gasteiger charge is -2.18. The lowest BCUT2D eigenvalue weighted by molar-refractivity contribution is -0.122. The number of carbonyl (C=O) groups excluding carboxylic acids is 3. The van der Waals surface area contributed by atoms with Crippen LogP contribution in [0.2, 0.25) is 0 Å². The second-order valence-electron chi connectivity index (χ2n) is 6.93. The Balaban J connectivity index is 1.69. The highest BCUT2D eigenvalue weighted by molar-refractivity contribution is 6.03. The number of aryl methyl sites for hydroxylation is 2. The molecule has 27 heavy (non-hydrogen) atoms. The Labute approximate surface area is 158 Å². The summed E-state index contributed by atoms with van der Waals surface area (Å²) >= 11 is 0. The van der Waals surface area contributed by atoms with E-state index >= 15 is 0 Å². The Hall–Kier alpha value is -3.15. The lowest BCUT2D eigenvalue weighted by Crippen LogP contribution is -2.28. The molecule has 1 saturated heterocycles. The van der Waals surface area contributed by atoms with Crippen molar-refractivity contribution in [2.24, 2.45) is 5.92 Å². The van der Waals surface area contributed by atoms with E-state index in [4.69, 9.17) is 0 Å². The van der Waals surface area contributed by atoms with Crippen molar-refractivity contribution < 1.29 is 14.4 Å². The molecule has 1 atom stereocenters. The first-order valence-corrected chi connectivity index (χ1v) is 8.89. The number of anilines is 3. The number of hydrogen-bond acceptors (Lipinski definition) is 3. The molecule has 0 saturated carbocycles. The van der Waals surface area contributed by atoms with Crippen molar-refractivity contribution in [1.82, 2.24) is 0 Å². The van der Waals surface area contributed by atoms with Crippen LogP contribution < -0.4 is 15.5 Å². The van der Waals surface area contributed by atoms with Crippen LogP contribution in [0.25, 0.3) is 0 Å². The normalized spacial score (nSPS) is 16.3. The maximum absolute atomic E-state index is 12.6. The standard InChI is InChI=1S/C21H23N3O3/c1-13-7-8-19(9-14(13)2)24-12-16(10-20(24)26)21(27)23-18-6-4-5-17(11-18)22-15(3)25/h4-9,11,16H,10,12H2,1-3H3,(H,22,25)(H,23,27)/t16-/m0/s1. The third kappa shape index (κ3) is 4.34. The maximum atomic E-state index is 12.6. The molecular formula is C21H23N3O3. The monoisotopic (exact) mass is 365 g/mol. The number of nitrogens with one attached hydrogen (secondary N) is 2. The summed E-state index contributed by atoms with van der Waals surface area (Å²) in [7, 11) is 0. The summed E-state index contributed by atoms with van der Waals surface area (Å²) in [6.07, 6.45) is 0.185. The van der Waals surface area contributed by atoms with E-state index in [-0.39, 0.29) is 24.1 Å². The van der Waals surface area contributed by atoms with Gasteiger partial charge in [0.05, 0.1) is 5.92 Å². The zero-order valence-corrected chi connectivity index (χ0v) is 15.7. The minimum Gasteiger partial charge on any atom is -0.326 e. The minimum atomic E-state index is -0.413. The molecule has 1 aliphatic heterocycles. The van der Waals surface area contributed by atoms with Gasteiger partial charge in [-0.05, 0) is 55.3 Å². The van der Waals surface area contributed by atoms with Gasteiger partial charge >= 0.3 is 0 Å². The lowest BCUT2D eigenvalue weighted by atomic mass is 10.1. The quantitative estimate of drug-likeness (QED) is 0.873. The van der Waals surface area contributed by atoms with Gasteiger partial charge in [0.25, 0.3) is 0 Å². The largest absolute Gasteiger partial charge is 0.326 e. The Morgan fingerprint density at radius 1 is 1.00 bits per heavy atom. The van der Waals surface area contributed by atoms with Crippen LogP contribution in [0, 0.1) is 19.8 Å². The topological polar surface area (TPSA) is 78.5 Å². The molecule has 0 spiro atoms. The number of carbonyl (C=O) groups is 3. The molecule has 140 valence electrons. The van der Waals surface area contributed by atoms with E-state index in [1.165, 1.54) is 12.5 Å². The van der Waals surface area contributed by atoms with Crippen molar-refractivity contribution in [2.75, 3.05) is 22.1 Å². The van der Waals surface area contributed by atoms with Crippen molar-refractivity contribution in [3.05, 3.63) is 53.6 Å². The number of nitrogens with zero attached hydrogens (tertiary/aromatic N) is 1. The van der Waals surface area contributed by atoms with Crippen LogP contribution in [0.3, 0.4) is 0 Å². The smallest absolute Gasteiger partial charge is 0.229 e. The molecule has 0 aromatic heterocycles. The second-order valence-corrected chi connectivity index (χ2v) is 6.93. The predicted octanol–water partition coefficient (Wildman–Crippen LogP) is 3.25. The fraction of sp³-hybridized carbons (Fsp3) is 0.286. The zero-order chi connectivity index (χ0) is 19.6. The van der Waals surface area contributed by atoms with Gasteiger partial charge in [-0.15, -0.1) is 0 Å². The van der Waals surface area contributed by atoms with Gasteiger partial charge in [0.1, 0.15) is 0 Å². The van der Waals surface area contributed by atoms with Crippen LogP contribution in [0.1, 0.15) is 24.5 Å². The van der Waals surface area contributed by atoms with E-state index in [0.717, 1.165) is 11.3 Å². The molecule has 6 nitrogen and oxygen atoms in total. The van der Waals surface area contributed by atoms with Gasteiger partial charge in [-0.25, -0.2) is 0 Å². The van der Waals surface area contributed by atoms with Gasteiger partial charge in [0, 0.05) is 37.0 Å². The van der Waals surface area contributed by atoms with Gasteiger partial charge in [0.2, 0.25) is 17.7 Å². The van der Waals surface area contributed by atoms with Crippen LogP contribution in [-0.4, -0.2) is 24.3 Å². The SMILES string of the molecule is CC(=O)Nc1cccc(NC(=O)[C@H]2CC(=O)N(c3ccc(C)c(C)c3)C2)c1. The maximum Gasteiger partial charge on any atom is 0.229 e. The van der Waals surface area contributed by atoms with E-state index in [0.29, 0.717) is 17.9 Å². The van der Waals surface area contributed by atoms with Crippen molar-refractivity contribution in [3.8, 4) is 0 Å².